The van der Waals surface area contributed by atoms with Gasteiger partial charge in [0.1, 0.15) is 10.6 Å². The number of hydrogen-bond donors (Lipinski definition) is 2. The van der Waals surface area contributed by atoms with Crippen LogP contribution in [0.1, 0.15) is 0 Å². The molecule has 0 atom stereocenters. The maximum atomic E-state index is 6.01. The highest BCUT2D eigenvalue weighted by Gasteiger charge is 1.65. The maximum Gasteiger partial charge on any atom is 0.214 e. The van der Waals surface area contributed by atoms with Gasteiger partial charge < -0.3 is 0 Å². The van der Waals surface area contributed by atoms with E-state index in [1.165, 1.54) is 0 Å². The smallest absolute Gasteiger partial charge is 0.149 e. The van der Waals surface area contributed by atoms with Crippen LogP contribution in [0.15, 0.2) is 5.11 Å². The monoisotopic (exact) mass is 90.0 g/mol. The zero-order valence-corrected chi connectivity index (χ0v) is 3.44. The predicted molar refractivity (Wildman–Crippen MR) is 21.1 cm³/mol. The second kappa shape index (κ2) is 3.66. The van der Waals surface area contributed by atoms with Crippen LogP contribution < -0.4 is 4.91 Å². The standard InChI is InChI=1S/CH3N3S/c2-4-3-1-5/h2H,1H2/p+1. The molecule has 4 heteroatoms. The highest BCUT2D eigenvalue weighted by molar-refractivity contribution is 7.80. The van der Waals surface area contributed by atoms with Crippen molar-refractivity contribution in [2.45, 2.75) is 0 Å². The highest BCUT2D eigenvalue weighted by Crippen LogP contribution is 1.65. The third kappa shape index (κ3) is 3.66. The molecular formula is CH4N3S+. The molecule has 3 nitrogen and oxygen atoms in total. The Morgan fingerprint density at radius 3 is 2.60 bits per heavy atom. The number of hydrogen-bond acceptors (Lipinski definition) is 3. The number of rotatable bonds is 1. The molecule has 0 aromatic rings. The summed E-state index contributed by atoms with van der Waals surface area (Å²) in [5.74, 6) is 0.309. The van der Waals surface area contributed by atoms with Gasteiger partial charge in [0.15, 0.2) is 5.88 Å². The molecule has 0 rings (SSSR count). The van der Waals surface area contributed by atoms with Gasteiger partial charge in [0, 0.05) is 0 Å². The number of thiol groups is 1. The molecule has 0 amide bonds. The SMILES string of the molecule is N=[N+]=NCS. The van der Waals surface area contributed by atoms with Gasteiger partial charge in [-0.3, -0.25) is 0 Å². The van der Waals surface area contributed by atoms with Crippen LogP contribution in [0.3, 0.4) is 0 Å². The van der Waals surface area contributed by atoms with Crippen molar-refractivity contribution in [1.82, 2.24) is 4.91 Å². The summed E-state index contributed by atoms with van der Waals surface area (Å²) in [5, 5.41) is 3.13. The Morgan fingerprint density at radius 2 is 2.60 bits per heavy atom. The summed E-state index contributed by atoms with van der Waals surface area (Å²) in [6, 6.07) is 0. The molecule has 0 saturated carbocycles. The van der Waals surface area contributed by atoms with Crippen molar-refractivity contribution in [1.29, 1.82) is 5.53 Å². The van der Waals surface area contributed by atoms with Gasteiger partial charge in [-0.2, -0.15) is 0 Å². The quantitative estimate of drug-likeness (QED) is 0.266. The fraction of sp³-hybridized carbons (Fsp3) is 1.00. The molecule has 0 aliphatic carbocycles. The topological polar surface area (TPSA) is 50.3 Å². The molecule has 0 bridgehead atoms. The van der Waals surface area contributed by atoms with Crippen LogP contribution >= 0.6 is 12.6 Å². The van der Waals surface area contributed by atoms with E-state index in [2.05, 4.69) is 22.7 Å². The van der Waals surface area contributed by atoms with Crippen LogP contribution in [0.2, 0.25) is 0 Å². The summed E-state index contributed by atoms with van der Waals surface area (Å²) in [6.45, 7) is 0. The van der Waals surface area contributed by atoms with E-state index in [9.17, 15) is 0 Å². The molecule has 0 saturated heterocycles. The first-order valence-corrected chi connectivity index (χ1v) is 1.69. The fourth-order valence-corrected chi connectivity index (χ4v) is 0.0949. The Kier molecular flexibility index (Phi) is 3.41. The first kappa shape index (κ1) is 4.66. The molecule has 0 radical (unpaired) electrons. The second-order valence-corrected chi connectivity index (χ2v) is 0.666. The van der Waals surface area contributed by atoms with E-state index >= 15 is 0 Å². The molecule has 0 spiro atoms. The Labute approximate surface area is 35.0 Å². The lowest BCUT2D eigenvalue weighted by Gasteiger charge is -1.44. The summed E-state index contributed by atoms with van der Waals surface area (Å²) >= 11 is 3.62. The third-order valence-corrected chi connectivity index (χ3v) is 0.260. The van der Waals surface area contributed by atoms with Crippen molar-refractivity contribution in [2.24, 2.45) is 5.11 Å². The average molecular weight is 90.1 g/mol. The summed E-state index contributed by atoms with van der Waals surface area (Å²) in [4.78, 5) is 2.65. The number of nitrogens with one attached hydrogen (secondary N) is 1. The van der Waals surface area contributed by atoms with E-state index in [1.807, 2.05) is 0 Å². The van der Waals surface area contributed by atoms with Gasteiger partial charge in [-0.15, -0.1) is 12.6 Å². The minimum Gasteiger partial charge on any atom is -0.149 e. The summed E-state index contributed by atoms with van der Waals surface area (Å²) < 4.78 is 0. The van der Waals surface area contributed by atoms with E-state index in [4.69, 9.17) is 5.53 Å². The Bertz CT molecular complexity index is 53.9. The van der Waals surface area contributed by atoms with Gasteiger partial charge in [-0.05, 0) is 0 Å². The van der Waals surface area contributed by atoms with E-state index in [0.717, 1.165) is 0 Å². The molecule has 28 valence electrons. The molecule has 5 heavy (non-hydrogen) atoms. The Balaban J connectivity index is 2.93. The normalized spacial score (nSPS) is 5.80. The largest absolute Gasteiger partial charge is 0.214 e. The molecule has 0 aliphatic rings. The second-order valence-electron chi connectivity index (χ2n) is 0.383. The maximum absolute atomic E-state index is 6.01. The molecule has 1 N–H and O–H groups in total. The predicted octanol–water partition coefficient (Wildman–Crippen LogP) is 0.424. The Morgan fingerprint density at radius 1 is 2.00 bits per heavy atom. The lowest BCUT2D eigenvalue weighted by molar-refractivity contribution is 0.947. The van der Waals surface area contributed by atoms with Crippen LogP contribution in [0.25, 0.3) is 0 Å². The highest BCUT2D eigenvalue weighted by atomic mass is 32.1. The van der Waals surface area contributed by atoms with Crippen molar-refractivity contribution in [3.05, 3.63) is 0 Å². The van der Waals surface area contributed by atoms with Crippen molar-refractivity contribution in [3.63, 3.8) is 0 Å². The minimum atomic E-state index is 0.309. The lowest BCUT2D eigenvalue weighted by Crippen LogP contribution is -1.56. The van der Waals surface area contributed by atoms with E-state index in [-0.39, 0.29) is 0 Å². The van der Waals surface area contributed by atoms with E-state index < -0.39 is 0 Å². The molecular weight excluding hydrogens is 86.1 g/mol. The first-order chi connectivity index (χ1) is 2.41. The van der Waals surface area contributed by atoms with Gasteiger partial charge in [0.2, 0.25) is 4.91 Å². The summed E-state index contributed by atoms with van der Waals surface area (Å²) in [7, 11) is 0. The molecule has 0 heterocycles. The molecule has 0 fully saturated rings. The first-order valence-electron chi connectivity index (χ1n) is 1.06. The van der Waals surface area contributed by atoms with Crippen LogP contribution in [-0.2, 0) is 0 Å². The van der Waals surface area contributed by atoms with Crippen molar-refractivity contribution in [2.75, 3.05) is 5.88 Å². The van der Waals surface area contributed by atoms with Gasteiger partial charge >= 0.3 is 0 Å². The Hall–Kier alpha value is -0.340. The van der Waals surface area contributed by atoms with E-state index in [0.29, 0.717) is 5.88 Å². The average Bonchev–Trinajstić information content (AvgIpc) is 1.41. The van der Waals surface area contributed by atoms with Crippen LogP contribution in [0.5, 0.6) is 0 Å². The zero-order chi connectivity index (χ0) is 4.12. The lowest BCUT2D eigenvalue weighted by atomic mass is 11.5. The minimum absolute atomic E-state index is 0.309. The van der Waals surface area contributed by atoms with Crippen molar-refractivity contribution in [3.8, 4) is 0 Å². The van der Waals surface area contributed by atoms with Gasteiger partial charge in [-0.1, -0.05) is 0 Å². The van der Waals surface area contributed by atoms with E-state index in [1.54, 1.807) is 0 Å². The van der Waals surface area contributed by atoms with Crippen LogP contribution in [0.4, 0.5) is 0 Å². The zero-order valence-electron chi connectivity index (χ0n) is 2.55. The van der Waals surface area contributed by atoms with Crippen LogP contribution in [-0.4, -0.2) is 5.88 Å². The van der Waals surface area contributed by atoms with Crippen LogP contribution in [0, 0.1) is 5.53 Å². The van der Waals surface area contributed by atoms with Gasteiger partial charge in [-0.25, -0.2) is 0 Å². The third-order valence-electron chi connectivity index (χ3n) is 0.134. The number of nitrogens with zero attached hydrogens (tertiary/aromatic N) is 2. The van der Waals surface area contributed by atoms with Crippen molar-refractivity contribution < 1.29 is 0 Å². The van der Waals surface area contributed by atoms with Crippen molar-refractivity contribution >= 4 is 12.6 Å². The summed E-state index contributed by atoms with van der Waals surface area (Å²) in [5.41, 5.74) is 6.01. The molecule has 0 unspecified atom stereocenters. The van der Waals surface area contributed by atoms with Gasteiger partial charge in [0.05, 0.1) is 0 Å². The van der Waals surface area contributed by atoms with Gasteiger partial charge in [0.25, 0.3) is 0 Å². The fourth-order valence-electron chi connectivity index (χ4n) is 0.0316. The molecule has 0 aromatic heterocycles. The summed E-state index contributed by atoms with van der Waals surface area (Å²) in [6.07, 6.45) is 0. The molecule has 0 aliphatic heterocycles. The molecule has 0 aromatic carbocycles.